The number of nitrogens with zero attached hydrogens (tertiary/aromatic N) is 3. The number of aromatic amines is 2. The van der Waals surface area contributed by atoms with Gasteiger partial charge in [-0.1, -0.05) is 84.6 Å². The van der Waals surface area contributed by atoms with Crippen LogP contribution in [0.1, 0.15) is 90.4 Å². The number of nitrogens with one attached hydrogen (secondary N) is 3. The van der Waals surface area contributed by atoms with E-state index in [2.05, 4.69) is 45.3 Å². The molecule has 4 atom stereocenters. The van der Waals surface area contributed by atoms with Crippen LogP contribution in [0.3, 0.4) is 0 Å². The van der Waals surface area contributed by atoms with Crippen LogP contribution in [0.15, 0.2) is 115 Å². The highest BCUT2D eigenvalue weighted by Crippen LogP contribution is 2.37. The van der Waals surface area contributed by atoms with Crippen molar-refractivity contribution in [1.82, 2.24) is 30.1 Å². The van der Waals surface area contributed by atoms with Gasteiger partial charge in [0.15, 0.2) is 0 Å². The molecule has 8 rings (SSSR count). The molecule has 3 amide bonds. The summed E-state index contributed by atoms with van der Waals surface area (Å²) in [6, 6.07) is 34.4. The van der Waals surface area contributed by atoms with E-state index >= 15 is 0 Å². The molecule has 0 aliphatic carbocycles. The quantitative estimate of drug-likeness (QED) is 0.136. The molecule has 10 nitrogen and oxygen atoms in total. The largest absolute Gasteiger partial charge is 0.453 e. The number of carbonyl (C=O) groups is 3. The van der Waals surface area contributed by atoms with Crippen molar-refractivity contribution in [2.75, 3.05) is 20.2 Å². The van der Waals surface area contributed by atoms with E-state index in [1.54, 1.807) is 4.90 Å². The number of hydrogen-bond donors (Lipinski definition) is 3. The van der Waals surface area contributed by atoms with Crippen molar-refractivity contribution in [3.05, 3.63) is 149 Å². The van der Waals surface area contributed by atoms with E-state index in [1.807, 2.05) is 109 Å². The first-order chi connectivity index (χ1) is 27.4. The van der Waals surface area contributed by atoms with E-state index in [1.165, 1.54) is 7.11 Å². The zero-order chi connectivity index (χ0) is 38.6. The predicted molar refractivity (Wildman–Crippen MR) is 215 cm³/mol. The van der Waals surface area contributed by atoms with E-state index in [0.717, 1.165) is 76.8 Å². The van der Waals surface area contributed by atoms with Crippen LogP contribution in [0.4, 0.5) is 4.79 Å². The molecule has 56 heavy (non-hydrogen) atoms. The van der Waals surface area contributed by atoms with Gasteiger partial charge >= 0.3 is 6.09 Å². The summed E-state index contributed by atoms with van der Waals surface area (Å²) in [5.41, 5.74) is 7.32. The average molecular weight is 745 g/mol. The summed E-state index contributed by atoms with van der Waals surface area (Å²) in [4.78, 5) is 55.2. The Morgan fingerprint density at radius 1 is 0.786 bits per heavy atom. The Labute approximate surface area is 326 Å². The third-order valence-corrected chi connectivity index (χ3v) is 11.0. The highest BCUT2D eigenvalue weighted by atomic mass is 16.5. The number of benzene rings is 4. The lowest BCUT2D eigenvalue weighted by atomic mass is 9.99. The van der Waals surface area contributed by atoms with Gasteiger partial charge in [-0.15, -0.1) is 0 Å². The van der Waals surface area contributed by atoms with E-state index in [4.69, 9.17) is 9.72 Å². The molecule has 10 heteroatoms. The van der Waals surface area contributed by atoms with Gasteiger partial charge in [0.1, 0.15) is 11.9 Å². The van der Waals surface area contributed by atoms with E-state index in [0.29, 0.717) is 17.9 Å². The zero-order valence-corrected chi connectivity index (χ0v) is 31.5. The van der Waals surface area contributed by atoms with Gasteiger partial charge in [-0.3, -0.25) is 9.59 Å². The fraction of sp³-hybridized carbons (Fsp3) is 0.261. The monoisotopic (exact) mass is 744 g/mol. The third kappa shape index (κ3) is 7.53. The van der Waals surface area contributed by atoms with E-state index < -0.39 is 12.1 Å². The molecule has 2 aliphatic rings. The van der Waals surface area contributed by atoms with Crippen LogP contribution in [-0.2, 0) is 14.3 Å². The lowest BCUT2D eigenvalue weighted by Gasteiger charge is -2.28. The summed E-state index contributed by atoms with van der Waals surface area (Å²) in [5, 5.41) is 3.79. The maximum absolute atomic E-state index is 13.9. The van der Waals surface area contributed by atoms with Crippen LogP contribution in [-0.4, -0.2) is 62.9 Å². The van der Waals surface area contributed by atoms with Gasteiger partial charge in [-0.2, -0.15) is 0 Å². The number of carbonyl (C=O) groups excluding carboxylic acids is 3. The number of fused-ring (bicyclic) bond motifs is 1. The molecule has 282 valence electrons. The molecule has 2 aromatic heterocycles. The van der Waals surface area contributed by atoms with Crippen LogP contribution < -0.4 is 5.32 Å². The number of methoxy groups -OCH3 is 1. The van der Waals surface area contributed by atoms with Gasteiger partial charge in [0.25, 0.3) is 5.91 Å². The highest BCUT2D eigenvalue weighted by molar-refractivity contribution is 5.88. The van der Waals surface area contributed by atoms with Gasteiger partial charge in [-0.05, 0) is 80.1 Å². The lowest BCUT2D eigenvalue weighted by Crippen LogP contribution is -2.42. The molecule has 0 saturated carbocycles. The van der Waals surface area contributed by atoms with Crippen LogP contribution in [0.25, 0.3) is 22.2 Å². The number of likely N-dealkylation sites (tertiary alicyclic amines) is 2. The van der Waals surface area contributed by atoms with Crippen molar-refractivity contribution in [3.8, 4) is 23.1 Å². The summed E-state index contributed by atoms with van der Waals surface area (Å²) >= 11 is 0. The second-order valence-electron chi connectivity index (χ2n) is 14.5. The predicted octanol–water partition coefficient (Wildman–Crippen LogP) is 8.19. The third-order valence-electron chi connectivity index (χ3n) is 11.0. The Morgan fingerprint density at radius 2 is 1.43 bits per heavy atom. The van der Waals surface area contributed by atoms with Crippen molar-refractivity contribution >= 4 is 28.8 Å². The molecular formula is C46H44N6O4. The molecule has 0 unspecified atom stereocenters. The highest BCUT2D eigenvalue weighted by Gasteiger charge is 2.37. The zero-order valence-electron chi connectivity index (χ0n) is 31.5. The minimum Gasteiger partial charge on any atom is -0.453 e. The van der Waals surface area contributed by atoms with Crippen molar-refractivity contribution in [2.24, 2.45) is 0 Å². The molecule has 2 aliphatic heterocycles. The van der Waals surface area contributed by atoms with Crippen molar-refractivity contribution in [3.63, 3.8) is 0 Å². The van der Waals surface area contributed by atoms with Gasteiger partial charge in [-0.25, -0.2) is 9.78 Å². The molecular weight excluding hydrogens is 701 g/mol. The molecule has 0 spiro atoms. The van der Waals surface area contributed by atoms with Crippen LogP contribution in [0.5, 0.6) is 0 Å². The van der Waals surface area contributed by atoms with Crippen molar-refractivity contribution in [2.45, 2.75) is 56.7 Å². The number of hydrogen-bond acceptors (Lipinski definition) is 5. The number of H-pyrrole nitrogens is 2. The maximum atomic E-state index is 13.9. The normalized spacial score (nSPS) is 17.6. The summed E-state index contributed by atoms with van der Waals surface area (Å²) < 4.78 is 4.82. The van der Waals surface area contributed by atoms with Crippen LogP contribution in [0.2, 0.25) is 0 Å². The standard InChI is InChI=1S/C46H44N6O4/c1-30(33-11-5-3-6-12-33)44(53)51-25-9-15-40(51)38-28-36-27-32(21-24-37(36)48-38)18-17-31-19-22-34(23-20-31)39-29-47-43(49-39)41-16-10-26-52(41)45(54)42(50-46(55)56-2)35-13-7-4-8-14-35/h3-8,11-14,19-24,27-30,40-42,48H,9-10,15-16,25-26H2,1-2H3,(H,47,49)(H,50,55)/t30-,40+,41+,42-/m1/s1. The maximum Gasteiger partial charge on any atom is 0.407 e. The number of rotatable bonds is 8. The van der Waals surface area contributed by atoms with Crippen LogP contribution >= 0.6 is 0 Å². The van der Waals surface area contributed by atoms with Gasteiger partial charge < -0.3 is 29.8 Å². The Kier molecular flexibility index (Phi) is 10.4. The smallest absolute Gasteiger partial charge is 0.407 e. The number of aromatic nitrogens is 3. The van der Waals surface area contributed by atoms with Crippen molar-refractivity contribution < 1.29 is 19.1 Å². The van der Waals surface area contributed by atoms with Crippen molar-refractivity contribution in [1.29, 1.82) is 0 Å². The number of alkyl carbamates (subject to hydrolysis) is 1. The SMILES string of the molecule is COC(=O)N[C@@H](C(=O)N1CCC[C@H]1c1nc(-c2ccc(C#Cc3ccc4[nH]c([C@@H]5CCCN5C(=O)[C@H](C)c5ccccc5)cc4c3)cc2)c[nH]1)c1ccccc1. The molecule has 4 heterocycles. The molecule has 2 saturated heterocycles. The van der Waals surface area contributed by atoms with Gasteiger partial charge in [0.05, 0.1) is 30.8 Å². The first-order valence-corrected chi connectivity index (χ1v) is 19.2. The van der Waals surface area contributed by atoms with Crippen LogP contribution in [0, 0.1) is 11.8 Å². The molecule has 4 aromatic carbocycles. The fourth-order valence-corrected chi connectivity index (χ4v) is 8.01. The molecule has 0 bridgehead atoms. The number of ether oxygens (including phenoxy) is 1. The molecule has 6 aromatic rings. The molecule has 3 N–H and O–H groups in total. The minimum absolute atomic E-state index is 0.0293. The summed E-state index contributed by atoms with van der Waals surface area (Å²) in [6.07, 6.45) is 4.71. The lowest BCUT2D eigenvalue weighted by molar-refractivity contribution is -0.135. The first-order valence-electron chi connectivity index (χ1n) is 19.2. The van der Waals surface area contributed by atoms with Gasteiger partial charge in [0.2, 0.25) is 5.91 Å². The number of imidazole rings is 1. The fourth-order valence-electron chi connectivity index (χ4n) is 8.01. The Balaban J connectivity index is 0.936. The topological polar surface area (TPSA) is 123 Å². The average Bonchev–Trinajstić information content (AvgIpc) is 4.08. The first kappa shape index (κ1) is 36.4. The Hall–Kier alpha value is -6.60. The van der Waals surface area contributed by atoms with E-state index in [-0.39, 0.29) is 29.8 Å². The molecule has 2 fully saturated rings. The van der Waals surface area contributed by atoms with E-state index in [9.17, 15) is 14.4 Å². The van der Waals surface area contributed by atoms with Gasteiger partial charge in [0, 0.05) is 52.6 Å². The second-order valence-corrected chi connectivity index (χ2v) is 14.5. The number of amides is 3. The Bertz CT molecular complexity index is 2410. The molecule has 0 radical (unpaired) electrons. The summed E-state index contributed by atoms with van der Waals surface area (Å²) in [6.45, 7) is 3.32. The summed E-state index contributed by atoms with van der Waals surface area (Å²) in [5.74, 6) is 7.10. The summed E-state index contributed by atoms with van der Waals surface area (Å²) in [7, 11) is 1.28. The second kappa shape index (κ2) is 16.0. The Morgan fingerprint density at radius 3 is 2.14 bits per heavy atom. The minimum atomic E-state index is -0.871.